The average molecular weight is 384 g/mol. The van der Waals surface area contributed by atoms with Gasteiger partial charge in [-0.25, -0.2) is 4.79 Å². The van der Waals surface area contributed by atoms with Crippen LogP contribution in [0.25, 0.3) is 0 Å². The fourth-order valence-corrected chi connectivity index (χ4v) is 4.64. The first-order valence-corrected chi connectivity index (χ1v) is 9.89. The maximum absolute atomic E-state index is 12.3. The number of benzene rings is 1. The van der Waals surface area contributed by atoms with E-state index in [1.165, 1.54) is 6.07 Å². The van der Waals surface area contributed by atoms with Gasteiger partial charge in [0.25, 0.3) is 5.56 Å². The van der Waals surface area contributed by atoms with E-state index in [0.717, 1.165) is 18.4 Å². The number of hydrogen-bond acceptors (Lipinski definition) is 4. The molecule has 2 aliphatic carbocycles. The summed E-state index contributed by atoms with van der Waals surface area (Å²) >= 11 is 0. The Morgan fingerprint density at radius 3 is 2.61 bits per heavy atom. The van der Waals surface area contributed by atoms with Crippen molar-refractivity contribution in [1.29, 1.82) is 0 Å². The van der Waals surface area contributed by atoms with Crippen LogP contribution in [0.1, 0.15) is 45.2 Å². The lowest BCUT2D eigenvalue weighted by Crippen LogP contribution is -2.35. The zero-order valence-corrected chi connectivity index (χ0v) is 16.7. The first-order valence-electron chi connectivity index (χ1n) is 9.89. The first-order chi connectivity index (χ1) is 13.3. The number of ether oxygens (including phenoxy) is 2. The molecule has 2 saturated carbocycles. The fraction of sp³-hybridized carbons (Fsp3) is 0.545. The molecule has 0 aliphatic heterocycles. The van der Waals surface area contributed by atoms with Gasteiger partial charge in [0.2, 0.25) is 0 Å². The third kappa shape index (κ3) is 3.71. The molecule has 0 saturated heterocycles. The van der Waals surface area contributed by atoms with E-state index in [4.69, 9.17) is 9.47 Å². The maximum atomic E-state index is 12.3. The molecule has 1 aromatic carbocycles. The number of hydrogen-bond donors (Lipinski definition) is 1. The van der Waals surface area contributed by atoms with Gasteiger partial charge in [-0.05, 0) is 45.1 Å². The molecule has 0 bridgehead atoms. The minimum Gasteiger partial charge on any atom is -0.376 e. The highest BCUT2D eigenvalue weighted by atomic mass is 16.5. The molecule has 4 atom stereocenters. The Labute approximate surface area is 164 Å². The molecule has 0 radical (unpaired) electrons. The standard InChI is InChI=1S/C22H28N2O4/c1-21(2,3)28-18-11-17(24-10-9-19(25)23-20(24)26)16-12-22(16,18)14-27-13-15-7-5-4-6-8-15/h4-10,16-18H,11-14H2,1-3H3,(H,23,25,26)/t16-,17+,18+,22-/m1/s1. The van der Waals surface area contributed by atoms with Gasteiger partial charge in [-0.1, -0.05) is 30.3 Å². The Balaban J connectivity index is 1.53. The third-order valence-corrected chi connectivity index (χ3v) is 5.93. The average Bonchev–Trinajstić information content (AvgIpc) is 3.28. The molecule has 4 rings (SSSR count). The molecule has 6 heteroatoms. The fourth-order valence-electron chi connectivity index (χ4n) is 4.64. The summed E-state index contributed by atoms with van der Waals surface area (Å²) in [5.74, 6) is 0.319. The lowest BCUT2D eigenvalue weighted by Gasteiger charge is -2.31. The summed E-state index contributed by atoms with van der Waals surface area (Å²) in [5, 5.41) is 0. The molecule has 1 heterocycles. The zero-order chi connectivity index (χ0) is 19.9. The largest absolute Gasteiger partial charge is 0.376 e. The van der Waals surface area contributed by atoms with Gasteiger partial charge >= 0.3 is 5.69 Å². The van der Waals surface area contributed by atoms with E-state index in [2.05, 4.69) is 37.9 Å². The van der Waals surface area contributed by atoms with Crippen molar-refractivity contribution in [2.75, 3.05) is 6.61 Å². The molecule has 1 aromatic heterocycles. The molecule has 2 aromatic rings. The molecular weight excluding hydrogens is 356 g/mol. The Kier molecular flexibility index (Phi) is 4.79. The Bertz CT molecular complexity index is 943. The highest BCUT2D eigenvalue weighted by Crippen LogP contribution is 2.68. The molecule has 1 N–H and O–H groups in total. The van der Waals surface area contributed by atoms with Gasteiger partial charge in [0, 0.05) is 23.7 Å². The smallest absolute Gasteiger partial charge is 0.328 e. The lowest BCUT2D eigenvalue weighted by atomic mass is 10.0. The second-order valence-corrected chi connectivity index (χ2v) is 9.06. The molecule has 28 heavy (non-hydrogen) atoms. The van der Waals surface area contributed by atoms with Crippen LogP contribution in [-0.4, -0.2) is 27.9 Å². The minimum absolute atomic E-state index is 0.0250. The van der Waals surface area contributed by atoms with Crippen molar-refractivity contribution in [1.82, 2.24) is 9.55 Å². The summed E-state index contributed by atoms with van der Waals surface area (Å²) in [6.45, 7) is 7.36. The number of rotatable bonds is 6. The van der Waals surface area contributed by atoms with Crippen LogP contribution in [0.5, 0.6) is 0 Å². The summed E-state index contributed by atoms with van der Waals surface area (Å²) in [7, 11) is 0. The molecule has 6 nitrogen and oxygen atoms in total. The molecule has 2 aliphatic rings. The molecule has 150 valence electrons. The van der Waals surface area contributed by atoms with Crippen LogP contribution < -0.4 is 11.2 Å². The summed E-state index contributed by atoms with van der Waals surface area (Å²) < 4.78 is 14.2. The van der Waals surface area contributed by atoms with Crippen LogP contribution in [-0.2, 0) is 16.1 Å². The van der Waals surface area contributed by atoms with E-state index in [-0.39, 0.29) is 34.4 Å². The second kappa shape index (κ2) is 7.01. The van der Waals surface area contributed by atoms with Gasteiger partial charge in [0.1, 0.15) is 0 Å². The first kappa shape index (κ1) is 19.2. The van der Waals surface area contributed by atoms with Crippen molar-refractivity contribution in [2.24, 2.45) is 11.3 Å². The Morgan fingerprint density at radius 2 is 1.93 bits per heavy atom. The second-order valence-electron chi connectivity index (χ2n) is 9.06. The Morgan fingerprint density at radius 1 is 1.18 bits per heavy atom. The summed E-state index contributed by atoms with van der Waals surface area (Å²) in [6, 6.07) is 11.6. The van der Waals surface area contributed by atoms with Crippen LogP contribution in [0.2, 0.25) is 0 Å². The van der Waals surface area contributed by atoms with Crippen molar-refractivity contribution in [3.05, 3.63) is 69.0 Å². The van der Waals surface area contributed by atoms with Gasteiger partial charge in [0.15, 0.2) is 0 Å². The van der Waals surface area contributed by atoms with E-state index >= 15 is 0 Å². The molecule has 0 spiro atoms. The number of nitrogens with one attached hydrogen (secondary N) is 1. The van der Waals surface area contributed by atoms with Crippen LogP contribution in [0.4, 0.5) is 0 Å². The van der Waals surface area contributed by atoms with Gasteiger partial charge in [-0.2, -0.15) is 0 Å². The lowest BCUT2D eigenvalue weighted by molar-refractivity contribution is -0.104. The summed E-state index contributed by atoms with van der Waals surface area (Å²) in [4.78, 5) is 26.1. The highest BCUT2D eigenvalue weighted by molar-refractivity contribution is 5.19. The van der Waals surface area contributed by atoms with Crippen LogP contribution >= 0.6 is 0 Å². The Hall–Kier alpha value is -2.18. The maximum Gasteiger partial charge on any atom is 0.328 e. The molecule has 2 fully saturated rings. The van der Waals surface area contributed by atoms with Crippen molar-refractivity contribution in [3.63, 3.8) is 0 Å². The number of H-pyrrole nitrogens is 1. The van der Waals surface area contributed by atoms with Gasteiger partial charge in [-0.3, -0.25) is 14.3 Å². The normalized spacial score (nSPS) is 28.9. The minimum atomic E-state index is -0.366. The van der Waals surface area contributed by atoms with Crippen LogP contribution in [0.15, 0.2) is 52.2 Å². The zero-order valence-electron chi connectivity index (χ0n) is 16.7. The summed E-state index contributed by atoms with van der Waals surface area (Å²) in [6.07, 6.45) is 3.36. The van der Waals surface area contributed by atoms with Crippen molar-refractivity contribution >= 4 is 0 Å². The predicted octanol–water partition coefficient (Wildman–Crippen LogP) is 2.89. The van der Waals surface area contributed by atoms with Gasteiger partial charge < -0.3 is 9.47 Å². The number of fused-ring (bicyclic) bond motifs is 1. The van der Waals surface area contributed by atoms with Crippen LogP contribution in [0.3, 0.4) is 0 Å². The number of aromatic nitrogens is 2. The predicted molar refractivity (Wildman–Crippen MR) is 106 cm³/mol. The summed E-state index contributed by atoms with van der Waals surface area (Å²) in [5.41, 5.74) is 0.0999. The van der Waals surface area contributed by atoms with E-state index in [1.54, 1.807) is 10.8 Å². The van der Waals surface area contributed by atoms with E-state index in [1.807, 2.05) is 18.2 Å². The third-order valence-electron chi connectivity index (χ3n) is 5.93. The van der Waals surface area contributed by atoms with Crippen molar-refractivity contribution in [2.45, 2.75) is 58.0 Å². The monoisotopic (exact) mass is 384 g/mol. The molecule has 0 amide bonds. The quantitative estimate of drug-likeness (QED) is 0.831. The van der Waals surface area contributed by atoms with Crippen molar-refractivity contribution < 1.29 is 9.47 Å². The highest BCUT2D eigenvalue weighted by Gasteiger charge is 2.68. The van der Waals surface area contributed by atoms with E-state index in [0.29, 0.717) is 19.1 Å². The number of nitrogens with zero attached hydrogens (tertiary/aromatic N) is 1. The topological polar surface area (TPSA) is 73.3 Å². The van der Waals surface area contributed by atoms with Crippen molar-refractivity contribution in [3.8, 4) is 0 Å². The van der Waals surface area contributed by atoms with Crippen LogP contribution in [0, 0.1) is 11.3 Å². The number of aromatic amines is 1. The van der Waals surface area contributed by atoms with Gasteiger partial charge in [0.05, 0.1) is 24.9 Å². The molecular formula is C22H28N2O4. The van der Waals surface area contributed by atoms with E-state index < -0.39 is 0 Å². The SMILES string of the molecule is CC(C)(C)O[C@H]1C[C@H](n2ccc(=O)[nH]c2=O)[C@H]2C[C@]12COCc1ccccc1. The molecule has 0 unspecified atom stereocenters. The van der Waals surface area contributed by atoms with Gasteiger partial charge in [-0.15, -0.1) is 0 Å². The van der Waals surface area contributed by atoms with E-state index in [9.17, 15) is 9.59 Å².